The third-order valence-electron chi connectivity index (χ3n) is 2.05. The van der Waals surface area contributed by atoms with Crippen LogP contribution in [0.2, 0.25) is 0 Å². The predicted octanol–water partition coefficient (Wildman–Crippen LogP) is 1.30. The van der Waals surface area contributed by atoms with Crippen LogP contribution >= 0.6 is 0 Å². The monoisotopic (exact) mass is 183 g/mol. The van der Waals surface area contributed by atoms with Gasteiger partial charge in [0, 0.05) is 24.8 Å². The first-order valence-corrected chi connectivity index (χ1v) is 4.48. The Balaban J connectivity index is 2.81. The van der Waals surface area contributed by atoms with E-state index in [-0.39, 0.29) is 0 Å². The van der Waals surface area contributed by atoms with E-state index in [9.17, 15) is 0 Å². The van der Waals surface area contributed by atoms with Crippen molar-refractivity contribution in [2.75, 3.05) is 19.5 Å². The fraction of sp³-hybridized carbons (Fsp3) is 0.667. The number of nitrogen functional groups attached to an aromatic ring is 1. The molecule has 0 aliphatic carbocycles. The average molecular weight is 183 g/mol. The normalized spacial score (nSPS) is 11.1. The van der Waals surface area contributed by atoms with Crippen molar-refractivity contribution in [2.45, 2.75) is 26.2 Å². The molecule has 0 amide bonds. The maximum Gasteiger partial charge on any atom is 0.148 e. The summed E-state index contributed by atoms with van der Waals surface area (Å²) < 4.78 is 5.00. The van der Waals surface area contributed by atoms with E-state index in [0.29, 0.717) is 18.3 Å². The van der Waals surface area contributed by atoms with E-state index >= 15 is 0 Å². The first-order chi connectivity index (χ1) is 6.16. The summed E-state index contributed by atoms with van der Waals surface area (Å²) in [5, 5.41) is 6.92. The van der Waals surface area contributed by atoms with Crippen molar-refractivity contribution in [3.05, 3.63) is 11.3 Å². The van der Waals surface area contributed by atoms with Crippen LogP contribution in [0.5, 0.6) is 0 Å². The van der Waals surface area contributed by atoms with Crippen molar-refractivity contribution in [2.24, 2.45) is 0 Å². The van der Waals surface area contributed by atoms with E-state index in [0.717, 1.165) is 17.7 Å². The zero-order valence-corrected chi connectivity index (χ0v) is 8.42. The number of ether oxygens (including phenoxy) is 1. The van der Waals surface area contributed by atoms with Crippen LogP contribution in [0.25, 0.3) is 0 Å². The summed E-state index contributed by atoms with van der Waals surface area (Å²) in [7, 11) is 1.69. The van der Waals surface area contributed by atoms with Gasteiger partial charge in [-0.2, -0.15) is 5.10 Å². The molecule has 13 heavy (non-hydrogen) atoms. The van der Waals surface area contributed by atoms with Gasteiger partial charge in [0.25, 0.3) is 0 Å². The standard InChI is InChI=1S/C9H17N3O/c1-6(2)8-7(4-5-13-3)11-12-9(8)10/h6H,4-5H2,1-3H3,(H3,10,11,12). The second-order valence-corrected chi connectivity index (χ2v) is 3.40. The number of nitrogens with zero attached hydrogens (tertiary/aromatic N) is 1. The van der Waals surface area contributed by atoms with E-state index in [4.69, 9.17) is 10.5 Å². The number of methoxy groups -OCH3 is 1. The molecular weight excluding hydrogens is 166 g/mol. The summed E-state index contributed by atoms with van der Waals surface area (Å²) in [4.78, 5) is 0. The number of nitrogens with two attached hydrogens (primary N) is 1. The van der Waals surface area contributed by atoms with Crippen LogP contribution < -0.4 is 5.73 Å². The largest absolute Gasteiger partial charge is 0.384 e. The second kappa shape index (κ2) is 4.28. The third kappa shape index (κ3) is 2.21. The molecule has 0 saturated heterocycles. The maximum atomic E-state index is 5.73. The molecule has 0 bridgehead atoms. The number of hydrogen-bond donors (Lipinski definition) is 2. The number of aromatic amines is 1. The summed E-state index contributed by atoms with van der Waals surface area (Å²) in [6.07, 6.45) is 0.841. The van der Waals surface area contributed by atoms with E-state index in [1.54, 1.807) is 7.11 Å². The first-order valence-electron chi connectivity index (χ1n) is 4.48. The molecule has 0 aliphatic rings. The summed E-state index contributed by atoms with van der Waals surface area (Å²) in [6.45, 7) is 4.91. The van der Waals surface area contributed by atoms with Gasteiger partial charge in [-0.25, -0.2) is 0 Å². The lowest BCUT2D eigenvalue weighted by atomic mass is 10.0. The summed E-state index contributed by atoms with van der Waals surface area (Å²) in [5.41, 5.74) is 7.95. The Morgan fingerprint density at radius 3 is 2.77 bits per heavy atom. The zero-order chi connectivity index (χ0) is 9.84. The van der Waals surface area contributed by atoms with Gasteiger partial charge in [0.15, 0.2) is 0 Å². The number of nitrogens with one attached hydrogen (secondary N) is 1. The van der Waals surface area contributed by atoms with Gasteiger partial charge in [-0.15, -0.1) is 0 Å². The SMILES string of the molecule is COCCc1[nH]nc(N)c1C(C)C. The van der Waals surface area contributed by atoms with Crippen LogP contribution in [-0.2, 0) is 11.2 Å². The highest BCUT2D eigenvalue weighted by Gasteiger charge is 2.13. The minimum Gasteiger partial charge on any atom is -0.384 e. The molecule has 74 valence electrons. The van der Waals surface area contributed by atoms with Crippen molar-refractivity contribution < 1.29 is 4.74 Å². The van der Waals surface area contributed by atoms with E-state index < -0.39 is 0 Å². The summed E-state index contributed by atoms with van der Waals surface area (Å²) >= 11 is 0. The van der Waals surface area contributed by atoms with Crippen LogP contribution in [0.15, 0.2) is 0 Å². The van der Waals surface area contributed by atoms with Crippen LogP contribution in [0.4, 0.5) is 5.82 Å². The Morgan fingerprint density at radius 1 is 1.54 bits per heavy atom. The van der Waals surface area contributed by atoms with E-state index in [1.165, 1.54) is 0 Å². The lowest BCUT2D eigenvalue weighted by Gasteiger charge is -2.06. The minimum atomic E-state index is 0.408. The molecule has 4 nitrogen and oxygen atoms in total. The van der Waals surface area contributed by atoms with Crippen LogP contribution in [0, 0.1) is 0 Å². The molecule has 0 fully saturated rings. The van der Waals surface area contributed by atoms with Gasteiger partial charge >= 0.3 is 0 Å². The van der Waals surface area contributed by atoms with Crippen molar-refractivity contribution >= 4 is 5.82 Å². The number of anilines is 1. The number of H-pyrrole nitrogens is 1. The first kappa shape index (κ1) is 10.1. The fourth-order valence-electron chi connectivity index (χ4n) is 1.44. The quantitative estimate of drug-likeness (QED) is 0.739. The molecular formula is C9H17N3O. The number of rotatable bonds is 4. The maximum absolute atomic E-state index is 5.73. The molecule has 0 atom stereocenters. The van der Waals surface area contributed by atoms with Gasteiger partial charge in [-0.1, -0.05) is 13.8 Å². The highest BCUT2D eigenvalue weighted by molar-refractivity contribution is 5.44. The van der Waals surface area contributed by atoms with Crippen LogP contribution in [0.3, 0.4) is 0 Å². The lowest BCUT2D eigenvalue weighted by molar-refractivity contribution is 0.201. The molecule has 4 heteroatoms. The molecule has 0 aromatic carbocycles. The molecule has 1 heterocycles. The smallest absolute Gasteiger partial charge is 0.148 e. The van der Waals surface area contributed by atoms with Crippen molar-refractivity contribution in [1.82, 2.24) is 10.2 Å². The molecule has 1 rings (SSSR count). The number of aromatic nitrogens is 2. The Bertz CT molecular complexity index is 268. The third-order valence-corrected chi connectivity index (χ3v) is 2.05. The molecule has 1 aromatic heterocycles. The molecule has 3 N–H and O–H groups in total. The molecule has 0 aliphatic heterocycles. The van der Waals surface area contributed by atoms with E-state index in [1.807, 2.05) is 0 Å². The molecule has 0 saturated carbocycles. The van der Waals surface area contributed by atoms with Crippen LogP contribution in [-0.4, -0.2) is 23.9 Å². The van der Waals surface area contributed by atoms with Crippen molar-refractivity contribution in [3.8, 4) is 0 Å². The summed E-state index contributed by atoms with van der Waals surface area (Å²) in [5.74, 6) is 1.02. The molecule has 1 aromatic rings. The van der Waals surface area contributed by atoms with E-state index in [2.05, 4.69) is 24.0 Å². The lowest BCUT2D eigenvalue weighted by Crippen LogP contribution is -2.01. The highest BCUT2D eigenvalue weighted by Crippen LogP contribution is 2.23. The van der Waals surface area contributed by atoms with Gasteiger partial charge in [0.2, 0.25) is 0 Å². The van der Waals surface area contributed by atoms with Crippen molar-refractivity contribution in [3.63, 3.8) is 0 Å². The predicted molar refractivity (Wildman–Crippen MR) is 52.7 cm³/mol. The van der Waals surface area contributed by atoms with Crippen LogP contribution in [0.1, 0.15) is 31.0 Å². The average Bonchev–Trinajstić information content (AvgIpc) is 2.43. The summed E-state index contributed by atoms with van der Waals surface area (Å²) in [6, 6.07) is 0. The molecule has 0 radical (unpaired) electrons. The molecule has 0 unspecified atom stereocenters. The topological polar surface area (TPSA) is 63.9 Å². The Kier molecular flexibility index (Phi) is 3.31. The van der Waals surface area contributed by atoms with Gasteiger partial charge in [0.05, 0.1) is 6.61 Å². The van der Waals surface area contributed by atoms with Gasteiger partial charge in [-0.3, -0.25) is 5.10 Å². The fourth-order valence-corrected chi connectivity index (χ4v) is 1.44. The van der Waals surface area contributed by atoms with Gasteiger partial charge in [-0.05, 0) is 5.92 Å². The van der Waals surface area contributed by atoms with Gasteiger partial charge < -0.3 is 10.5 Å². The highest BCUT2D eigenvalue weighted by atomic mass is 16.5. The minimum absolute atomic E-state index is 0.408. The Labute approximate surface area is 78.5 Å². The zero-order valence-electron chi connectivity index (χ0n) is 8.42. The van der Waals surface area contributed by atoms with Crippen molar-refractivity contribution in [1.29, 1.82) is 0 Å². The number of hydrogen-bond acceptors (Lipinski definition) is 3. The second-order valence-electron chi connectivity index (χ2n) is 3.40. The Hall–Kier alpha value is -1.03. The van der Waals surface area contributed by atoms with Gasteiger partial charge in [0.1, 0.15) is 5.82 Å². The molecule has 0 spiro atoms. The Morgan fingerprint density at radius 2 is 2.23 bits per heavy atom.